The average molecular weight is 472 g/mol. The number of ether oxygens (including phenoxy) is 1. The van der Waals surface area contributed by atoms with Gasteiger partial charge in [-0.05, 0) is 44.1 Å². The van der Waals surface area contributed by atoms with Gasteiger partial charge < -0.3 is 24.6 Å². The number of hydrogen-bond donors (Lipinski definition) is 2. The van der Waals surface area contributed by atoms with E-state index in [1.807, 2.05) is 6.07 Å². The molecular weight excluding hydrogens is 442 g/mol. The molecule has 0 atom stereocenters. The normalized spacial score (nSPS) is 19.3. The number of carboxylic acid groups (broad SMARTS) is 2. The SMILES string of the molecule is COc1ccc(Br)cc1CN1CCC(N2CC[NH+](C)CC2)CC1.O=C([O-])C(=O)O. The van der Waals surface area contributed by atoms with Crippen molar-refractivity contribution >= 4 is 27.9 Å². The smallest absolute Gasteiger partial charge is 0.351 e. The fraction of sp³-hybridized carbons (Fsp3) is 0.600. The average Bonchev–Trinajstić information content (AvgIpc) is 2.70. The lowest BCUT2D eigenvalue weighted by Gasteiger charge is -2.41. The molecule has 2 aliphatic rings. The Kier molecular flexibility index (Phi) is 9.35. The van der Waals surface area contributed by atoms with Gasteiger partial charge in [0.2, 0.25) is 0 Å². The van der Waals surface area contributed by atoms with E-state index in [-0.39, 0.29) is 0 Å². The van der Waals surface area contributed by atoms with Gasteiger partial charge in [0, 0.05) is 35.7 Å². The Morgan fingerprint density at radius 3 is 2.34 bits per heavy atom. The third-order valence-electron chi connectivity index (χ3n) is 5.54. The van der Waals surface area contributed by atoms with E-state index in [1.54, 1.807) is 12.0 Å². The van der Waals surface area contributed by atoms with Crippen LogP contribution in [0.25, 0.3) is 0 Å². The van der Waals surface area contributed by atoms with Crippen molar-refractivity contribution in [2.75, 3.05) is 53.4 Å². The topological polar surface area (TPSA) is 97.6 Å². The van der Waals surface area contributed by atoms with Crippen LogP contribution in [0.4, 0.5) is 0 Å². The van der Waals surface area contributed by atoms with Crippen LogP contribution in [0.3, 0.4) is 0 Å². The maximum absolute atomic E-state index is 9.04. The third-order valence-corrected chi connectivity index (χ3v) is 6.03. The van der Waals surface area contributed by atoms with Crippen molar-refractivity contribution in [2.45, 2.75) is 25.4 Å². The summed E-state index contributed by atoms with van der Waals surface area (Å²) in [7, 11) is 4.07. The predicted molar refractivity (Wildman–Crippen MR) is 110 cm³/mol. The molecule has 0 aliphatic carbocycles. The van der Waals surface area contributed by atoms with Crippen LogP contribution >= 0.6 is 15.9 Å². The first-order valence-corrected chi connectivity index (χ1v) is 10.6. The van der Waals surface area contributed by atoms with E-state index in [4.69, 9.17) is 24.5 Å². The highest BCUT2D eigenvalue weighted by molar-refractivity contribution is 9.10. The predicted octanol–water partition coefficient (Wildman–Crippen LogP) is -0.927. The third kappa shape index (κ3) is 7.58. The molecule has 0 amide bonds. The van der Waals surface area contributed by atoms with Crippen molar-refractivity contribution in [2.24, 2.45) is 0 Å². The molecule has 1 aromatic carbocycles. The Labute approximate surface area is 180 Å². The summed E-state index contributed by atoms with van der Waals surface area (Å²) in [6, 6.07) is 7.08. The molecule has 0 bridgehead atoms. The molecule has 0 spiro atoms. The van der Waals surface area contributed by atoms with E-state index in [1.165, 1.54) is 57.7 Å². The summed E-state index contributed by atoms with van der Waals surface area (Å²) in [6.07, 6.45) is 2.60. The summed E-state index contributed by atoms with van der Waals surface area (Å²) >= 11 is 3.57. The molecule has 162 valence electrons. The van der Waals surface area contributed by atoms with Gasteiger partial charge in [-0.3, -0.25) is 9.80 Å². The molecule has 0 saturated carbocycles. The van der Waals surface area contributed by atoms with E-state index >= 15 is 0 Å². The van der Waals surface area contributed by atoms with Gasteiger partial charge in [-0.1, -0.05) is 15.9 Å². The maximum Gasteiger partial charge on any atom is 0.351 e. The number of piperazine rings is 1. The van der Waals surface area contributed by atoms with Gasteiger partial charge in [-0.2, -0.15) is 0 Å². The number of hydrogen-bond acceptors (Lipinski definition) is 6. The first kappa shape index (κ1) is 23.6. The van der Waals surface area contributed by atoms with Gasteiger partial charge in [0.25, 0.3) is 0 Å². The minimum atomic E-state index is -2.07. The van der Waals surface area contributed by atoms with E-state index in [2.05, 4.69) is 44.9 Å². The molecule has 1 aromatic rings. The van der Waals surface area contributed by atoms with Gasteiger partial charge in [-0.15, -0.1) is 0 Å². The van der Waals surface area contributed by atoms with Crippen molar-refractivity contribution in [1.29, 1.82) is 0 Å². The van der Waals surface area contributed by atoms with Gasteiger partial charge in [0.15, 0.2) is 5.97 Å². The minimum absolute atomic E-state index is 0.795. The number of carboxylic acids is 2. The van der Waals surface area contributed by atoms with Crippen LogP contribution in [0.1, 0.15) is 18.4 Å². The summed E-state index contributed by atoms with van der Waals surface area (Å²) in [6.45, 7) is 8.53. The second kappa shape index (κ2) is 11.5. The monoisotopic (exact) mass is 471 g/mol. The van der Waals surface area contributed by atoms with E-state index in [9.17, 15) is 0 Å². The molecule has 0 radical (unpaired) electrons. The molecule has 2 heterocycles. The number of benzene rings is 1. The molecule has 0 aromatic heterocycles. The van der Waals surface area contributed by atoms with Gasteiger partial charge in [-0.25, -0.2) is 4.79 Å². The summed E-state index contributed by atoms with van der Waals surface area (Å²) in [5.74, 6) is -3.01. The Hall–Kier alpha value is -1.68. The maximum atomic E-state index is 9.04. The van der Waals surface area contributed by atoms with Crippen molar-refractivity contribution in [1.82, 2.24) is 9.80 Å². The lowest BCUT2D eigenvalue weighted by Crippen LogP contribution is -3.12. The molecule has 3 rings (SSSR count). The molecule has 2 saturated heterocycles. The molecule has 29 heavy (non-hydrogen) atoms. The summed E-state index contributed by atoms with van der Waals surface area (Å²) < 4.78 is 6.64. The van der Waals surface area contributed by atoms with Crippen molar-refractivity contribution < 1.29 is 29.4 Å². The minimum Gasteiger partial charge on any atom is -0.539 e. The van der Waals surface area contributed by atoms with Crippen molar-refractivity contribution in [3.05, 3.63) is 28.2 Å². The van der Waals surface area contributed by atoms with Crippen LogP contribution in [0.15, 0.2) is 22.7 Å². The number of likely N-dealkylation sites (tertiary alicyclic amines) is 1. The number of nitrogens with one attached hydrogen (secondary N) is 1. The Balaban J connectivity index is 0.000000438. The number of nitrogens with zero attached hydrogens (tertiary/aromatic N) is 2. The number of piperidine rings is 1. The van der Waals surface area contributed by atoms with Crippen molar-refractivity contribution in [3.8, 4) is 5.75 Å². The zero-order chi connectivity index (χ0) is 21.4. The van der Waals surface area contributed by atoms with Crippen LogP contribution in [0, 0.1) is 0 Å². The molecule has 8 nitrogen and oxygen atoms in total. The molecule has 2 N–H and O–H groups in total. The number of rotatable bonds is 4. The Morgan fingerprint density at radius 2 is 1.83 bits per heavy atom. The second-order valence-electron chi connectivity index (χ2n) is 7.55. The Morgan fingerprint density at radius 1 is 1.24 bits per heavy atom. The number of quaternary nitrogens is 1. The summed E-state index contributed by atoms with van der Waals surface area (Å²) in [5.41, 5.74) is 1.28. The number of methoxy groups -OCH3 is 1. The highest BCUT2D eigenvalue weighted by Crippen LogP contribution is 2.26. The second-order valence-corrected chi connectivity index (χ2v) is 8.46. The fourth-order valence-corrected chi connectivity index (χ4v) is 4.23. The van der Waals surface area contributed by atoms with Crippen LogP contribution < -0.4 is 14.7 Å². The highest BCUT2D eigenvalue weighted by atomic mass is 79.9. The zero-order valence-electron chi connectivity index (χ0n) is 17.0. The summed E-state index contributed by atoms with van der Waals surface area (Å²) in [5, 5.41) is 16.3. The van der Waals surface area contributed by atoms with Crippen molar-refractivity contribution in [3.63, 3.8) is 0 Å². The quantitative estimate of drug-likeness (QED) is 0.547. The lowest BCUT2D eigenvalue weighted by atomic mass is 10.0. The largest absolute Gasteiger partial charge is 0.539 e. The lowest BCUT2D eigenvalue weighted by molar-refractivity contribution is -0.884. The molecule has 9 heteroatoms. The number of halogens is 1. The fourth-order valence-electron chi connectivity index (χ4n) is 3.83. The van der Waals surface area contributed by atoms with Crippen LogP contribution in [-0.4, -0.2) is 86.3 Å². The van der Waals surface area contributed by atoms with Gasteiger partial charge >= 0.3 is 5.97 Å². The van der Waals surface area contributed by atoms with Crippen LogP contribution in [0.2, 0.25) is 0 Å². The number of aliphatic carboxylic acids is 2. The van der Waals surface area contributed by atoms with E-state index in [0.29, 0.717) is 0 Å². The first-order valence-electron chi connectivity index (χ1n) is 9.84. The van der Waals surface area contributed by atoms with E-state index in [0.717, 1.165) is 22.8 Å². The standard InChI is InChI=1S/C18H28BrN3O.C2H2O4/c1-20-9-11-22(12-10-20)17-5-7-21(8-6-17)14-15-13-16(19)3-4-18(15)23-2;3-1(4)2(5)6/h3-4,13,17H,5-12,14H2,1-2H3;(H,3,4)(H,5,6). The summed E-state index contributed by atoms with van der Waals surface area (Å²) in [4.78, 5) is 25.0. The first-order chi connectivity index (χ1) is 13.8. The number of carbonyl (C=O) groups is 2. The van der Waals surface area contributed by atoms with Crippen LogP contribution in [-0.2, 0) is 16.1 Å². The molecular formula is C20H30BrN3O5. The number of likely N-dealkylation sites (N-methyl/N-ethyl adjacent to an activating group) is 1. The Bertz CT molecular complexity index is 675. The molecule has 2 aliphatic heterocycles. The van der Waals surface area contributed by atoms with Gasteiger partial charge in [0.1, 0.15) is 5.75 Å². The molecule has 2 fully saturated rings. The van der Waals surface area contributed by atoms with Crippen LogP contribution in [0.5, 0.6) is 5.75 Å². The van der Waals surface area contributed by atoms with Gasteiger partial charge in [0.05, 0.1) is 27.2 Å². The highest BCUT2D eigenvalue weighted by Gasteiger charge is 2.28. The molecule has 0 unspecified atom stereocenters. The van der Waals surface area contributed by atoms with E-state index < -0.39 is 11.9 Å². The zero-order valence-corrected chi connectivity index (χ0v) is 18.6. The number of carbonyl (C=O) groups excluding carboxylic acids is 1.